The smallest absolute Gasteiger partial charge is 0.275 e. The molecule has 0 bridgehead atoms. The van der Waals surface area contributed by atoms with Crippen LogP contribution in [0.5, 0.6) is 11.5 Å². The van der Waals surface area contributed by atoms with Crippen LogP contribution in [-0.2, 0) is 6.42 Å². The van der Waals surface area contributed by atoms with E-state index in [1.165, 1.54) is 0 Å². The Balaban J connectivity index is 1.43. The largest absolute Gasteiger partial charge is 0.507 e. The van der Waals surface area contributed by atoms with Gasteiger partial charge in [0.15, 0.2) is 0 Å². The van der Waals surface area contributed by atoms with Gasteiger partial charge in [-0.1, -0.05) is 36.4 Å². The maximum Gasteiger partial charge on any atom is 0.275 e. The van der Waals surface area contributed by atoms with Crippen LogP contribution in [0, 0.1) is 34.6 Å². The number of hydrogen-bond donors (Lipinski definition) is 3. The third kappa shape index (κ3) is 4.88. The lowest BCUT2D eigenvalue weighted by Gasteiger charge is -2.38. The number of aromatic hydroxyl groups is 1. The van der Waals surface area contributed by atoms with Crippen molar-refractivity contribution in [3.8, 4) is 22.9 Å². The van der Waals surface area contributed by atoms with Crippen LogP contribution in [0.4, 0.5) is 0 Å². The normalized spacial score (nSPS) is 16.2. The van der Waals surface area contributed by atoms with E-state index in [9.17, 15) is 14.7 Å². The summed E-state index contributed by atoms with van der Waals surface area (Å²) in [6.45, 7) is 11.8. The van der Waals surface area contributed by atoms with Crippen molar-refractivity contribution >= 4 is 0 Å². The van der Waals surface area contributed by atoms with Gasteiger partial charge in [0.1, 0.15) is 17.1 Å². The lowest BCUT2D eigenvalue weighted by Crippen LogP contribution is -2.38. The average Bonchev–Trinajstić information content (AvgIpc) is 3.49. The van der Waals surface area contributed by atoms with Crippen molar-refractivity contribution in [1.29, 1.82) is 0 Å². The fourth-order valence-corrected chi connectivity index (χ4v) is 6.81. The first-order valence-corrected chi connectivity index (χ1v) is 15.2. The molecule has 44 heavy (non-hydrogen) atoms. The van der Waals surface area contributed by atoms with E-state index < -0.39 is 11.5 Å². The topological polar surface area (TPSA) is 105 Å². The Morgan fingerprint density at radius 3 is 1.80 bits per heavy atom. The highest BCUT2D eigenvalue weighted by Gasteiger charge is 2.37. The van der Waals surface area contributed by atoms with Crippen LogP contribution in [0.2, 0.25) is 0 Å². The highest BCUT2D eigenvalue weighted by molar-refractivity contribution is 5.58. The Kier molecular flexibility index (Phi) is 7.40. The summed E-state index contributed by atoms with van der Waals surface area (Å²) in [5.74, 6) is 0.712. The summed E-state index contributed by atoms with van der Waals surface area (Å²) in [7, 11) is 0. The van der Waals surface area contributed by atoms with E-state index in [0.717, 1.165) is 63.6 Å². The van der Waals surface area contributed by atoms with Gasteiger partial charge < -0.3 is 9.84 Å². The molecule has 2 aromatic heterocycles. The third-order valence-corrected chi connectivity index (χ3v) is 9.51. The number of hydrogen-bond acceptors (Lipinski definition) is 4. The van der Waals surface area contributed by atoms with E-state index in [2.05, 4.69) is 17.1 Å². The number of nitrogens with zero attached hydrogens (tertiary/aromatic N) is 2. The summed E-state index contributed by atoms with van der Waals surface area (Å²) < 4.78 is 9.89. The standard InChI is InChI=1S/C36H40N4O4/c1-21-22(2)33-28(23(3)32(21)41)17-19-36(6,44-33)20-18-29(30-24(4)37-39(34(30)42)26-13-9-7-10-14-26)31-25(5)38-40(35(31)43)27-15-11-8-12-16-27/h7-16,29,37-38,41H,17-20H2,1-6H3. The van der Waals surface area contributed by atoms with Crippen LogP contribution in [-0.4, -0.2) is 30.3 Å². The molecule has 0 saturated heterocycles. The molecule has 3 heterocycles. The lowest BCUT2D eigenvalue weighted by atomic mass is 9.80. The SMILES string of the molecule is Cc1[nH]n(-c2ccccc2)c(=O)c1C(CCC1(C)CCc2c(C)c(O)c(C)c(C)c2O1)c1c(C)[nH]n(-c2ccccc2)c1=O. The Labute approximate surface area is 256 Å². The van der Waals surface area contributed by atoms with E-state index in [1.54, 1.807) is 9.36 Å². The number of aromatic nitrogens is 4. The number of phenols is 1. The van der Waals surface area contributed by atoms with Crippen LogP contribution < -0.4 is 15.9 Å². The highest BCUT2D eigenvalue weighted by Crippen LogP contribution is 2.45. The minimum atomic E-state index is -0.517. The summed E-state index contributed by atoms with van der Waals surface area (Å²) >= 11 is 0. The second-order valence-electron chi connectivity index (χ2n) is 12.4. The molecule has 1 atom stereocenters. The highest BCUT2D eigenvalue weighted by atomic mass is 16.5. The van der Waals surface area contributed by atoms with Crippen molar-refractivity contribution in [3.05, 3.63) is 126 Å². The van der Waals surface area contributed by atoms with Crippen molar-refractivity contribution < 1.29 is 9.84 Å². The van der Waals surface area contributed by atoms with Gasteiger partial charge in [0.2, 0.25) is 0 Å². The summed E-state index contributed by atoms with van der Waals surface area (Å²) in [4.78, 5) is 28.2. The number of para-hydroxylation sites is 2. The zero-order valence-electron chi connectivity index (χ0n) is 26.2. The Bertz CT molecular complexity index is 1870. The van der Waals surface area contributed by atoms with E-state index in [1.807, 2.05) is 95.3 Å². The molecule has 0 fully saturated rings. The second kappa shape index (κ2) is 11.1. The fraction of sp³-hybridized carbons (Fsp3) is 0.333. The molecular weight excluding hydrogens is 552 g/mol. The molecule has 0 spiro atoms. The molecule has 1 aliphatic heterocycles. The average molecular weight is 593 g/mol. The molecule has 1 unspecified atom stereocenters. The number of ether oxygens (including phenoxy) is 1. The first kappa shape index (κ1) is 29.4. The van der Waals surface area contributed by atoms with Gasteiger partial charge in [-0.25, -0.2) is 9.36 Å². The van der Waals surface area contributed by atoms with Crippen molar-refractivity contribution in [2.24, 2.45) is 0 Å². The molecule has 228 valence electrons. The number of phenolic OH excluding ortho intramolecular Hbond substituents is 1. The molecule has 0 radical (unpaired) electrons. The van der Waals surface area contributed by atoms with Crippen molar-refractivity contribution in [1.82, 2.24) is 19.6 Å². The maximum absolute atomic E-state index is 14.1. The molecule has 3 aromatic carbocycles. The maximum atomic E-state index is 14.1. The number of H-pyrrole nitrogens is 2. The fourth-order valence-electron chi connectivity index (χ4n) is 6.81. The van der Waals surface area contributed by atoms with E-state index >= 15 is 0 Å². The first-order chi connectivity index (χ1) is 21.0. The van der Waals surface area contributed by atoms with E-state index in [0.29, 0.717) is 29.7 Å². The summed E-state index contributed by atoms with van der Waals surface area (Å²) in [6, 6.07) is 19.0. The van der Waals surface area contributed by atoms with Crippen LogP contribution in [0.3, 0.4) is 0 Å². The number of aromatic amines is 2. The summed E-state index contributed by atoms with van der Waals surface area (Å²) in [5.41, 5.74) is 6.96. The molecule has 3 N–H and O–H groups in total. The Morgan fingerprint density at radius 2 is 1.30 bits per heavy atom. The van der Waals surface area contributed by atoms with E-state index in [-0.39, 0.29) is 11.1 Å². The van der Waals surface area contributed by atoms with Gasteiger partial charge in [-0.15, -0.1) is 0 Å². The molecule has 0 aliphatic carbocycles. The van der Waals surface area contributed by atoms with Gasteiger partial charge in [0.25, 0.3) is 11.1 Å². The zero-order valence-corrected chi connectivity index (χ0v) is 26.2. The van der Waals surface area contributed by atoms with Crippen LogP contribution in [0.15, 0.2) is 70.3 Å². The Morgan fingerprint density at radius 1 is 0.795 bits per heavy atom. The zero-order chi connectivity index (χ0) is 31.3. The van der Waals surface area contributed by atoms with Crippen LogP contribution in [0.25, 0.3) is 11.4 Å². The summed E-state index contributed by atoms with van der Waals surface area (Å²) in [6.07, 6.45) is 2.70. The third-order valence-electron chi connectivity index (χ3n) is 9.51. The van der Waals surface area contributed by atoms with Crippen molar-refractivity contribution in [3.63, 3.8) is 0 Å². The minimum absolute atomic E-state index is 0.164. The second-order valence-corrected chi connectivity index (χ2v) is 12.4. The predicted molar refractivity (Wildman–Crippen MR) is 173 cm³/mol. The minimum Gasteiger partial charge on any atom is -0.507 e. The monoisotopic (exact) mass is 592 g/mol. The number of rotatable bonds is 7. The van der Waals surface area contributed by atoms with Gasteiger partial charge in [-0.3, -0.25) is 19.8 Å². The van der Waals surface area contributed by atoms with Crippen LogP contribution >= 0.6 is 0 Å². The van der Waals surface area contributed by atoms with Crippen molar-refractivity contribution in [2.45, 2.75) is 78.7 Å². The lowest BCUT2D eigenvalue weighted by molar-refractivity contribution is 0.0517. The van der Waals surface area contributed by atoms with Gasteiger partial charge >= 0.3 is 0 Å². The van der Waals surface area contributed by atoms with Gasteiger partial charge in [0.05, 0.1) is 11.4 Å². The van der Waals surface area contributed by atoms with Gasteiger partial charge in [-0.2, -0.15) is 0 Å². The predicted octanol–water partition coefficient (Wildman–Crippen LogP) is 6.59. The number of nitrogens with one attached hydrogen (secondary N) is 2. The molecule has 5 aromatic rings. The van der Waals surface area contributed by atoms with Crippen molar-refractivity contribution in [2.75, 3.05) is 0 Å². The molecule has 8 nitrogen and oxygen atoms in total. The molecular formula is C36H40N4O4. The molecule has 0 amide bonds. The van der Waals surface area contributed by atoms with Gasteiger partial charge in [0, 0.05) is 34.0 Å². The van der Waals surface area contributed by atoms with E-state index in [4.69, 9.17) is 4.74 Å². The number of aryl methyl sites for hydroxylation is 2. The molecule has 0 saturated carbocycles. The number of fused-ring (bicyclic) bond motifs is 1. The Hall–Kier alpha value is -4.72. The molecule has 1 aliphatic rings. The first-order valence-electron chi connectivity index (χ1n) is 15.2. The molecule has 6 rings (SSSR count). The summed E-state index contributed by atoms with van der Waals surface area (Å²) in [5, 5.41) is 17.2. The number of benzene rings is 3. The molecule has 8 heteroatoms. The quantitative estimate of drug-likeness (QED) is 0.198. The van der Waals surface area contributed by atoms with Crippen LogP contribution in [0.1, 0.15) is 76.9 Å². The van der Waals surface area contributed by atoms with Gasteiger partial charge in [-0.05, 0) is 108 Å².